The quantitative estimate of drug-likeness (QED) is 0.543. The van der Waals surface area contributed by atoms with Crippen molar-refractivity contribution in [3.63, 3.8) is 0 Å². The number of pyridine rings is 1. The molecule has 2 rings (SSSR count). The van der Waals surface area contributed by atoms with E-state index in [1.54, 1.807) is 11.6 Å². The third-order valence-electron chi connectivity index (χ3n) is 3.91. The highest BCUT2D eigenvalue weighted by Crippen LogP contribution is 2.31. The van der Waals surface area contributed by atoms with Gasteiger partial charge >= 0.3 is 24.1 Å². The van der Waals surface area contributed by atoms with Crippen molar-refractivity contribution in [1.29, 1.82) is 0 Å². The highest BCUT2D eigenvalue weighted by atomic mass is 32.2. The summed E-state index contributed by atoms with van der Waals surface area (Å²) in [5.41, 5.74) is -1.46. The van der Waals surface area contributed by atoms with E-state index in [4.69, 9.17) is 4.74 Å². The molecule has 0 radical (unpaired) electrons. The molecule has 0 fully saturated rings. The Morgan fingerprint density at radius 3 is 2.42 bits per heavy atom. The number of thiophene rings is 1. The number of aromatic nitrogens is 1. The number of halogens is 3. The number of nitrogens with zero attached hydrogens (tertiary/aromatic N) is 1. The van der Waals surface area contributed by atoms with Crippen LogP contribution in [-0.2, 0) is 36.9 Å². The summed E-state index contributed by atoms with van der Waals surface area (Å²) in [6.07, 6.45) is -4.62. The first-order valence-electron chi connectivity index (χ1n) is 8.97. The van der Waals surface area contributed by atoms with Crippen LogP contribution in [0.2, 0.25) is 0 Å². The summed E-state index contributed by atoms with van der Waals surface area (Å²) >= 11 is 0.834. The standard InChI is InChI=1S/C18H18F3N3O7S2/c1-9-6-15(32-13(9)4-5-31-10(2)25)33(28,29)24-17(27)23-14-8-11(18(19,20)21)7-12(22-14)16(26)30-3/h6-8H,4-5H2,1-3H3,(H2,22,23,24,27). The maximum atomic E-state index is 13.1. The number of anilines is 1. The predicted octanol–water partition coefficient (Wildman–Crippen LogP) is 2.87. The average Bonchev–Trinajstić information content (AvgIpc) is 3.07. The lowest BCUT2D eigenvalue weighted by Crippen LogP contribution is -2.34. The van der Waals surface area contributed by atoms with Gasteiger partial charge in [-0.05, 0) is 30.7 Å². The Morgan fingerprint density at radius 1 is 1.18 bits per heavy atom. The summed E-state index contributed by atoms with van der Waals surface area (Å²) in [6, 6.07) is 0.755. The molecular weight excluding hydrogens is 491 g/mol. The Bertz CT molecular complexity index is 1180. The molecule has 0 atom stereocenters. The normalized spacial score (nSPS) is 11.6. The zero-order valence-electron chi connectivity index (χ0n) is 17.4. The Hall–Kier alpha value is -3.20. The number of hydrogen-bond acceptors (Lipinski definition) is 9. The van der Waals surface area contributed by atoms with Crippen LogP contribution in [-0.4, -0.2) is 45.1 Å². The number of methoxy groups -OCH3 is 1. The number of carbonyl (C=O) groups excluding carboxylic acids is 3. The second-order valence-electron chi connectivity index (χ2n) is 6.44. The summed E-state index contributed by atoms with van der Waals surface area (Å²) < 4.78 is 74.9. The van der Waals surface area contributed by atoms with E-state index in [1.165, 1.54) is 13.0 Å². The number of carbonyl (C=O) groups is 3. The lowest BCUT2D eigenvalue weighted by Gasteiger charge is -2.12. The number of rotatable bonds is 7. The van der Waals surface area contributed by atoms with Gasteiger partial charge in [0.05, 0.1) is 19.3 Å². The summed E-state index contributed by atoms with van der Waals surface area (Å²) in [5, 5.41) is 1.87. The van der Waals surface area contributed by atoms with Gasteiger partial charge in [-0.1, -0.05) is 0 Å². The molecule has 2 aromatic heterocycles. The van der Waals surface area contributed by atoms with Gasteiger partial charge in [0.2, 0.25) is 0 Å². The number of nitrogens with one attached hydrogen (secondary N) is 2. The molecule has 33 heavy (non-hydrogen) atoms. The molecule has 0 bridgehead atoms. The zero-order chi connectivity index (χ0) is 25.0. The summed E-state index contributed by atoms with van der Waals surface area (Å²) in [7, 11) is -3.45. The number of alkyl halides is 3. The highest BCUT2D eigenvalue weighted by Gasteiger charge is 2.33. The minimum atomic E-state index is -4.87. The van der Waals surface area contributed by atoms with Crippen LogP contribution in [0.25, 0.3) is 0 Å². The van der Waals surface area contributed by atoms with Crippen molar-refractivity contribution in [2.24, 2.45) is 0 Å². The molecule has 0 saturated heterocycles. The van der Waals surface area contributed by atoms with Gasteiger partial charge in [0.25, 0.3) is 10.0 Å². The molecule has 180 valence electrons. The molecule has 0 aliphatic carbocycles. The number of urea groups is 1. The molecule has 0 aromatic carbocycles. The lowest BCUT2D eigenvalue weighted by molar-refractivity contribution is -0.141. The van der Waals surface area contributed by atoms with Crippen molar-refractivity contribution >= 4 is 45.1 Å². The number of esters is 2. The molecule has 2 aromatic rings. The summed E-state index contributed by atoms with van der Waals surface area (Å²) in [4.78, 5) is 38.7. The summed E-state index contributed by atoms with van der Waals surface area (Å²) in [5.74, 6) is -2.40. The van der Waals surface area contributed by atoms with Crippen LogP contribution in [0, 0.1) is 6.92 Å². The average molecular weight is 509 g/mol. The van der Waals surface area contributed by atoms with Crippen LogP contribution in [0.1, 0.15) is 33.4 Å². The van der Waals surface area contributed by atoms with Crippen LogP contribution in [0.3, 0.4) is 0 Å². The third-order valence-corrected chi connectivity index (χ3v) is 7.01. The van der Waals surface area contributed by atoms with Crippen LogP contribution in [0.4, 0.5) is 23.8 Å². The van der Waals surface area contributed by atoms with Crippen molar-refractivity contribution in [3.05, 3.63) is 39.9 Å². The smallest absolute Gasteiger partial charge is 0.416 e. The number of aryl methyl sites for hydroxylation is 1. The fourth-order valence-electron chi connectivity index (χ4n) is 2.44. The van der Waals surface area contributed by atoms with Crippen LogP contribution < -0.4 is 10.0 Å². The van der Waals surface area contributed by atoms with Gasteiger partial charge in [-0.15, -0.1) is 11.3 Å². The van der Waals surface area contributed by atoms with Gasteiger partial charge in [0, 0.05) is 18.2 Å². The second-order valence-corrected chi connectivity index (χ2v) is 9.48. The first-order chi connectivity index (χ1) is 15.2. The van der Waals surface area contributed by atoms with Gasteiger partial charge in [0.1, 0.15) is 10.0 Å². The van der Waals surface area contributed by atoms with Gasteiger partial charge < -0.3 is 9.47 Å². The van der Waals surface area contributed by atoms with E-state index < -0.39 is 51.2 Å². The highest BCUT2D eigenvalue weighted by molar-refractivity contribution is 7.92. The van der Waals surface area contributed by atoms with E-state index in [0.29, 0.717) is 22.6 Å². The molecule has 2 heterocycles. The Balaban J connectivity index is 2.20. The minimum Gasteiger partial charge on any atom is -0.465 e. The van der Waals surface area contributed by atoms with Crippen molar-refractivity contribution < 1.29 is 45.4 Å². The van der Waals surface area contributed by atoms with E-state index >= 15 is 0 Å². The van der Waals surface area contributed by atoms with Crippen molar-refractivity contribution in [2.75, 3.05) is 19.0 Å². The third kappa shape index (κ3) is 7.15. The van der Waals surface area contributed by atoms with Gasteiger partial charge in [-0.2, -0.15) is 13.2 Å². The minimum absolute atomic E-state index is 0.0355. The van der Waals surface area contributed by atoms with E-state index in [-0.39, 0.29) is 17.2 Å². The fraction of sp³-hybridized carbons (Fsp3) is 0.333. The van der Waals surface area contributed by atoms with Crippen LogP contribution in [0.5, 0.6) is 0 Å². The topological polar surface area (TPSA) is 141 Å². The zero-order valence-corrected chi connectivity index (χ0v) is 19.0. The van der Waals surface area contributed by atoms with Crippen LogP contribution >= 0.6 is 11.3 Å². The first-order valence-corrected chi connectivity index (χ1v) is 11.3. The molecule has 0 aliphatic rings. The fourth-order valence-corrected chi connectivity index (χ4v) is 4.92. The maximum absolute atomic E-state index is 13.1. The number of sulfonamides is 1. The molecule has 0 spiro atoms. The van der Waals surface area contributed by atoms with Gasteiger partial charge in [-0.3, -0.25) is 10.1 Å². The number of ether oxygens (including phenoxy) is 2. The molecule has 2 amide bonds. The van der Waals surface area contributed by atoms with Gasteiger partial charge in [0.15, 0.2) is 5.69 Å². The van der Waals surface area contributed by atoms with E-state index in [9.17, 15) is 36.0 Å². The Labute approximate surface area is 190 Å². The molecular formula is C18H18F3N3O7S2. The number of amides is 2. The SMILES string of the molecule is COC(=O)c1cc(C(F)(F)F)cc(NC(=O)NS(=O)(=O)c2cc(C)c(CCOC(C)=O)s2)n1. The van der Waals surface area contributed by atoms with Crippen molar-refractivity contribution in [1.82, 2.24) is 9.71 Å². The molecule has 10 nitrogen and oxygen atoms in total. The molecule has 0 saturated carbocycles. The van der Waals surface area contributed by atoms with E-state index in [1.807, 2.05) is 5.32 Å². The first kappa shape index (κ1) is 26.1. The van der Waals surface area contributed by atoms with E-state index in [2.05, 4.69) is 9.72 Å². The summed E-state index contributed by atoms with van der Waals surface area (Å²) in [6.45, 7) is 2.89. The molecule has 2 N–H and O–H groups in total. The van der Waals surface area contributed by atoms with Crippen LogP contribution in [0.15, 0.2) is 22.4 Å². The molecule has 0 aliphatic heterocycles. The largest absolute Gasteiger partial charge is 0.465 e. The van der Waals surface area contributed by atoms with Crippen molar-refractivity contribution in [2.45, 2.75) is 30.7 Å². The van der Waals surface area contributed by atoms with E-state index in [0.717, 1.165) is 18.4 Å². The predicted molar refractivity (Wildman–Crippen MR) is 109 cm³/mol. The lowest BCUT2D eigenvalue weighted by atomic mass is 10.2. The number of hydrogen-bond donors (Lipinski definition) is 2. The van der Waals surface area contributed by atoms with Crippen molar-refractivity contribution in [3.8, 4) is 0 Å². The Morgan fingerprint density at radius 2 is 1.85 bits per heavy atom. The molecule has 0 unspecified atom stereocenters. The maximum Gasteiger partial charge on any atom is 0.416 e. The monoisotopic (exact) mass is 509 g/mol. The Kier molecular flexibility index (Phi) is 8.02. The molecule has 15 heteroatoms. The second kappa shape index (κ2) is 10.2. The van der Waals surface area contributed by atoms with Gasteiger partial charge in [-0.25, -0.2) is 27.7 Å².